The Hall–Kier alpha value is -0.320. The summed E-state index contributed by atoms with van der Waals surface area (Å²) in [5, 5.41) is 19.8. The van der Waals surface area contributed by atoms with Gasteiger partial charge in [0.2, 0.25) is 0 Å². The van der Waals surface area contributed by atoms with Crippen LogP contribution in [0.15, 0.2) is 0 Å². The fraction of sp³-hybridized carbons (Fsp3) is 1.00. The van der Waals surface area contributed by atoms with Crippen molar-refractivity contribution >= 4 is 0 Å². The summed E-state index contributed by atoms with van der Waals surface area (Å²) in [5.74, 6) is 2.94. The molecule has 4 fully saturated rings. The summed E-state index contributed by atoms with van der Waals surface area (Å²) in [7, 11) is 0. The molecule has 0 aliphatic heterocycles. The van der Waals surface area contributed by atoms with E-state index in [-0.39, 0.29) is 37.0 Å². The van der Waals surface area contributed by atoms with Gasteiger partial charge in [-0.1, -0.05) is 27.7 Å². The van der Waals surface area contributed by atoms with Gasteiger partial charge in [-0.15, -0.1) is 0 Å². The van der Waals surface area contributed by atoms with Gasteiger partial charge in [0.1, 0.15) is 0 Å². The monoisotopic (exact) mass is 683 g/mol. The van der Waals surface area contributed by atoms with E-state index < -0.39 is 0 Å². The molecule has 4 rings (SSSR count). The Morgan fingerprint density at radius 2 is 0.708 bits per heavy atom. The molecule has 0 saturated heterocycles. The molecule has 0 amide bonds. The average molecular weight is 683 g/mol. The van der Waals surface area contributed by atoms with Crippen molar-refractivity contribution < 1.29 is 38.6 Å². The van der Waals surface area contributed by atoms with Gasteiger partial charge in [0.25, 0.3) is 0 Å². The van der Waals surface area contributed by atoms with Crippen molar-refractivity contribution in [1.82, 2.24) is 0 Å². The number of aliphatic hydroxyl groups excluding tert-OH is 2. The summed E-state index contributed by atoms with van der Waals surface area (Å²) in [6.45, 7) is 17.0. The van der Waals surface area contributed by atoms with Gasteiger partial charge in [-0.25, -0.2) is 0 Å². The first-order valence-electron chi connectivity index (χ1n) is 20.0. The minimum absolute atomic E-state index is 0.0788. The summed E-state index contributed by atoms with van der Waals surface area (Å²) in [4.78, 5) is 0. The lowest BCUT2D eigenvalue weighted by Crippen LogP contribution is -2.39. The van der Waals surface area contributed by atoms with Crippen molar-refractivity contribution in [3.8, 4) is 0 Å². The van der Waals surface area contributed by atoms with Crippen molar-refractivity contribution in [1.29, 1.82) is 0 Å². The van der Waals surface area contributed by atoms with Gasteiger partial charge >= 0.3 is 0 Å². The van der Waals surface area contributed by atoms with Crippen molar-refractivity contribution in [3.05, 3.63) is 0 Å². The molecule has 8 heteroatoms. The van der Waals surface area contributed by atoms with E-state index in [1.54, 1.807) is 0 Å². The molecule has 48 heavy (non-hydrogen) atoms. The predicted molar refractivity (Wildman–Crippen MR) is 190 cm³/mol. The Balaban J connectivity index is 0.938. The Kier molecular flexibility index (Phi) is 16.9. The van der Waals surface area contributed by atoms with Gasteiger partial charge in [0, 0.05) is 0 Å². The molecule has 2 atom stereocenters. The minimum atomic E-state index is -0.222. The first-order chi connectivity index (χ1) is 22.9. The molecule has 4 aliphatic rings. The van der Waals surface area contributed by atoms with E-state index in [0.29, 0.717) is 50.5 Å². The number of hydrogen-bond donors (Lipinski definition) is 2. The fourth-order valence-corrected chi connectivity index (χ4v) is 9.68. The lowest BCUT2D eigenvalue weighted by Gasteiger charge is -2.46. The second-order valence-corrected chi connectivity index (χ2v) is 17.0. The van der Waals surface area contributed by atoms with Crippen LogP contribution in [0.5, 0.6) is 0 Å². The predicted octanol–water partition coefficient (Wildman–Crippen LogP) is 8.05. The minimum Gasteiger partial charge on any atom is -0.393 e. The number of aliphatic hydroxyl groups is 2. The van der Waals surface area contributed by atoms with Gasteiger partial charge in [-0.3, -0.25) is 0 Å². The van der Waals surface area contributed by atoms with Crippen LogP contribution in [0, 0.1) is 34.5 Å². The van der Waals surface area contributed by atoms with Crippen LogP contribution >= 0.6 is 0 Å². The molecule has 0 spiro atoms. The summed E-state index contributed by atoms with van der Waals surface area (Å²) in [6, 6.07) is 0. The average Bonchev–Trinajstić information content (AvgIpc) is 3.06. The largest absolute Gasteiger partial charge is 0.393 e. The highest BCUT2D eigenvalue weighted by Gasteiger charge is 2.42. The second-order valence-electron chi connectivity index (χ2n) is 17.0. The van der Waals surface area contributed by atoms with Crippen molar-refractivity contribution in [2.45, 2.75) is 181 Å². The van der Waals surface area contributed by atoms with Crippen molar-refractivity contribution in [3.63, 3.8) is 0 Å². The van der Waals surface area contributed by atoms with Crippen LogP contribution in [0.25, 0.3) is 0 Å². The highest BCUT2D eigenvalue weighted by molar-refractivity contribution is 4.92. The Bertz CT molecular complexity index is 779. The van der Waals surface area contributed by atoms with E-state index in [2.05, 4.69) is 27.7 Å². The Morgan fingerprint density at radius 3 is 1.02 bits per heavy atom. The molecule has 4 saturated carbocycles. The Labute approximate surface area is 293 Å². The number of rotatable bonds is 19. The van der Waals surface area contributed by atoms with E-state index in [1.165, 1.54) is 51.4 Å². The highest BCUT2D eigenvalue weighted by atomic mass is 16.7. The van der Waals surface area contributed by atoms with Gasteiger partial charge in [0.15, 0.2) is 12.6 Å². The van der Waals surface area contributed by atoms with Crippen LogP contribution in [0.4, 0.5) is 0 Å². The zero-order valence-corrected chi connectivity index (χ0v) is 31.7. The second kappa shape index (κ2) is 20.1. The first-order valence-corrected chi connectivity index (χ1v) is 20.0. The van der Waals surface area contributed by atoms with Gasteiger partial charge < -0.3 is 38.6 Å². The molecule has 2 unspecified atom stereocenters. The smallest absolute Gasteiger partial charge is 0.155 e. The van der Waals surface area contributed by atoms with Crippen molar-refractivity contribution in [2.75, 3.05) is 39.6 Å². The molecule has 0 aromatic heterocycles. The topological polar surface area (TPSA) is 95.8 Å². The molecule has 4 aliphatic carbocycles. The highest BCUT2D eigenvalue weighted by Crippen LogP contribution is 2.50. The summed E-state index contributed by atoms with van der Waals surface area (Å²) < 4.78 is 35.6. The summed E-state index contributed by atoms with van der Waals surface area (Å²) in [6.07, 6.45) is 17.8. The quantitative estimate of drug-likeness (QED) is 0.104. The van der Waals surface area contributed by atoms with Gasteiger partial charge in [0.05, 0.1) is 64.1 Å². The van der Waals surface area contributed by atoms with Gasteiger partial charge in [-0.05, 0) is 151 Å². The van der Waals surface area contributed by atoms with Crippen LogP contribution in [-0.2, 0) is 28.4 Å². The maximum Gasteiger partial charge on any atom is 0.155 e. The Morgan fingerprint density at radius 1 is 0.438 bits per heavy atom. The lowest BCUT2D eigenvalue weighted by atomic mass is 9.60. The van der Waals surface area contributed by atoms with Crippen LogP contribution in [-0.4, -0.2) is 86.9 Å². The first kappa shape index (κ1) is 40.5. The van der Waals surface area contributed by atoms with Gasteiger partial charge in [-0.2, -0.15) is 0 Å². The number of hydrogen-bond acceptors (Lipinski definition) is 8. The number of ether oxygens (including phenoxy) is 6. The standard InChI is InChI=1S/C40H74O8/c1-29(47-37-19-11-33(12-20-37)39(3,4)31-7-15-35(41)16-8-31)45-27-25-43-23-24-44-26-28-46-30(2)48-38-21-13-34(14-22-38)40(5,6)32-9-17-36(42)18-10-32/h29-38,41-42H,7-28H2,1-6H3. The molecular formula is C40H74O8. The van der Waals surface area contributed by atoms with E-state index in [1.807, 2.05) is 13.8 Å². The third-order valence-corrected chi connectivity index (χ3v) is 13.3. The molecule has 0 bridgehead atoms. The van der Waals surface area contributed by atoms with Crippen LogP contribution in [0.2, 0.25) is 0 Å². The molecule has 8 nitrogen and oxygen atoms in total. The SMILES string of the molecule is CC(OCCOCCOCCOC(C)OC1CCC(C(C)(C)C2CCC(O)CC2)CC1)OC1CCC(C(C)(C)C2CCC(O)CC2)CC1. The lowest BCUT2D eigenvalue weighted by molar-refractivity contribution is -0.179. The molecule has 0 radical (unpaired) electrons. The zero-order chi connectivity index (χ0) is 34.6. The summed E-state index contributed by atoms with van der Waals surface area (Å²) >= 11 is 0. The zero-order valence-electron chi connectivity index (χ0n) is 31.7. The van der Waals surface area contributed by atoms with E-state index in [4.69, 9.17) is 28.4 Å². The van der Waals surface area contributed by atoms with Crippen LogP contribution in [0.1, 0.15) is 144 Å². The van der Waals surface area contributed by atoms with E-state index in [0.717, 1.165) is 75.0 Å². The van der Waals surface area contributed by atoms with E-state index in [9.17, 15) is 10.2 Å². The van der Waals surface area contributed by atoms with Crippen molar-refractivity contribution in [2.24, 2.45) is 34.5 Å². The normalized spacial score (nSPS) is 33.8. The molecule has 0 heterocycles. The molecule has 2 N–H and O–H groups in total. The molecule has 282 valence electrons. The third kappa shape index (κ3) is 12.7. The molecule has 0 aromatic rings. The third-order valence-electron chi connectivity index (χ3n) is 13.3. The summed E-state index contributed by atoms with van der Waals surface area (Å²) in [5.41, 5.74) is 0.681. The fourth-order valence-electron chi connectivity index (χ4n) is 9.68. The van der Waals surface area contributed by atoms with E-state index >= 15 is 0 Å². The molecular weight excluding hydrogens is 608 g/mol. The maximum absolute atomic E-state index is 9.91. The van der Waals surface area contributed by atoms with Crippen LogP contribution in [0.3, 0.4) is 0 Å². The molecule has 0 aromatic carbocycles. The van der Waals surface area contributed by atoms with Crippen LogP contribution < -0.4 is 0 Å². The maximum atomic E-state index is 9.91.